The van der Waals surface area contributed by atoms with Crippen LogP contribution in [0.2, 0.25) is 0 Å². The van der Waals surface area contributed by atoms with E-state index in [9.17, 15) is 0 Å². The topological polar surface area (TPSA) is 0 Å². The van der Waals surface area contributed by atoms with Gasteiger partial charge in [-0.1, -0.05) is 40.5 Å². The summed E-state index contributed by atoms with van der Waals surface area (Å²) < 4.78 is 0. The molecule has 0 aromatic rings. The molecule has 1 saturated carbocycles. The summed E-state index contributed by atoms with van der Waals surface area (Å²) in [7, 11) is 0. The van der Waals surface area contributed by atoms with Gasteiger partial charge in [0.05, 0.1) is 0 Å². The molecule has 0 aromatic carbocycles. The molecule has 0 bridgehead atoms. The lowest BCUT2D eigenvalue weighted by molar-refractivity contribution is 0.333. The summed E-state index contributed by atoms with van der Waals surface area (Å²) in [4.78, 5) is 0. The monoisotopic (exact) mass is 168 g/mol. The molecule has 0 aliphatic heterocycles. The van der Waals surface area contributed by atoms with Gasteiger partial charge in [-0.05, 0) is 36.5 Å². The molecule has 1 aliphatic carbocycles. The van der Waals surface area contributed by atoms with E-state index in [0.29, 0.717) is 0 Å². The molecule has 1 fully saturated rings. The van der Waals surface area contributed by atoms with Crippen molar-refractivity contribution in [1.29, 1.82) is 0 Å². The van der Waals surface area contributed by atoms with Crippen molar-refractivity contribution in [2.24, 2.45) is 23.7 Å². The van der Waals surface area contributed by atoms with Crippen molar-refractivity contribution >= 4 is 0 Å². The molecule has 1 aliphatic rings. The van der Waals surface area contributed by atoms with E-state index < -0.39 is 0 Å². The van der Waals surface area contributed by atoms with E-state index in [1.54, 1.807) is 0 Å². The Kier molecular flexibility index (Phi) is 3.61. The van der Waals surface area contributed by atoms with Crippen LogP contribution >= 0.6 is 0 Å². The SMILES string of the molecule is CCC(C)C(C)CC1CC1CC. The van der Waals surface area contributed by atoms with E-state index >= 15 is 0 Å². The second-order valence-corrected chi connectivity index (χ2v) is 4.76. The second kappa shape index (κ2) is 4.30. The summed E-state index contributed by atoms with van der Waals surface area (Å²) in [6.07, 6.45) is 5.79. The zero-order valence-corrected chi connectivity index (χ0v) is 9.14. The first-order chi connectivity index (χ1) is 5.69. The minimum absolute atomic E-state index is 0.933. The maximum atomic E-state index is 2.43. The molecule has 0 saturated heterocycles. The highest BCUT2D eigenvalue weighted by Gasteiger charge is 2.36. The number of hydrogen-bond acceptors (Lipinski definition) is 0. The molecule has 4 unspecified atom stereocenters. The third-order valence-corrected chi connectivity index (χ3v) is 3.88. The van der Waals surface area contributed by atoms with Crippen LogP contribution in [0.3, 0.4) is 0 Å². The van der Waals surface area contributed by atoms with Crippen LogP contribution in [-0.4, -0.2) is 0 Å². The normalized spacial score (nSPS) is 33.0. The third kappa shape index (κ3) is 2.50. The van der Waals surface area contributed by atoms with Crippen molar-refractivity contribution in [2.75, 3.05) is 0 Å². The first kappa shape index (κ1) is 10.1. The predicted molar refractivity (Wildman–Crippen MR) is 55.1 cm³/mol. The summed E-state index contributed by atoms with van der Waals surface area (Å²) in [5.41, 5.74) is 0. The van der Waals surface area contributed by atoms with Crippen LogP contribution in [0.15, 0.2) is 0 Å². The molecule has 72 valence electrons. The summed E-state index contributed by atoms with van der Waals surface area (Å²) >= 11 is 0. The fourth-order valence-electron chi connectivity index (χ4n) is 2.21. The maximum absolute atomic E-state index is 2.43. The van der Waals surface area contributed by atoms with Gasteiger partial charge in [0.1, 0.15) is 0 Å². The van der Waals surface area contributed by atoms with Crippen LogP contribution < -0.4 is 0 Å². The minimum atomic E-state index is 0.933. The molecular formula is C12H24. The van der Waals surface area contributed by atoms with Gasteiger partial charge in [-0.3, -0.25) is 0 Å². The van der Waals surface area contributed by atoms with Gasteiger partial charge in [-0.2, -0.15) is 0 Å². The quantitative estimate of drug-likeness (QED) is 0.579. The lowest BCUT2D eigenvalue weighted by atomic mass is 9.88. The summed E-state index contributed by atoms with van der Waals surface area (Å²) in [6, 6.07) is 0. The van der Waals surface area contributed by atoms with Crippen molar-refractivity contribution in [3.05, 3.63) is 0 Å². The van der Waals surface area contributed by atoms with Gasteiger partial charge in [0.2, 0.25) is 0 Å². The van der Waals surface area contributed by atoms with E-state index in [2.05, 4.69) is 27.7 Å². The van der Waals surface area contributed by atoms with E-state index in [1.807, 2.05) is 0 Å². The van der Waals surface area contributed by atoms with Crippen LogP contribution in [0.1, 0.15) is 53.4 Å². The maximum Gasteiger partial charge on any atom is -0.0380 e. The fraction of sp³-hybridized carbons (Fsp3) is 1.00. The van der Waals surface area contributed by atoms with Crippen molar-refractivity contribution < 1.29 is 0 Å². The highest BCUT2D eigenvalue weighted by Crippen LogP contribution is 2.46. The van der Waals surface area contributed by atoms with Gasteiger partial charge in [-0.15, -0.1) is 0 Å². The van der Waals surface area contributed by atoms with Gasteiger partial charge >= 0.3 is 0 Å². The molecule has 12 heavy (non-hydrogen) atoms. The average Bonchev–Trinajstić information content (AvgIpc) is 2.81. The summed E-state index contributed by atoms with van der Waals surface area (Å²) in [6.45, 7) is 9.47. The smallest absolute Gasteiger partial charge is 0.0380 e. The average molecular weight is 168 g/mol. The van der Waals surface area contributed by atoms with Gasteiger partial charge in [0.15, 0.2) is 0 Å². The van der Waals surface area contributed by atoms with Crippen LogP contribution in [0.4, 0.5) is 0 Å². The molecule has 0 nitrogen and oxygen atoms in total. The van der Waals surface area contributed by atoms with Crippen molar-refractivity contribution in [1.82, 2.24) is 0 Å². The van der Waals surface area contributed by atoms with Gasteiger partial charge in [-0.25, -0.2) is 0 Å². The zero-order chi connectivity index (χ0) is 9.14. The Balaban J connectivity index is 2.15. The van der Waals surface area contributed by atoms with Crippen LogP contribution in [0.5, 0.6) is 0 Å². The molecule has 0 amide bonds. The molecule has 0 aromatic heterocycles. The van der Waals surface area contributed by atoms with Crippen LogP contribution in [0.25, 0.3) is 0 Å². The largest absolute Gasteiger partial charge is 0.0651 e. The van der Waals surface area contributed by atoms with Gasteiger partial charge in [0, 0.05) is 0 Å². The number of rotatable bonds is 5. The zero-order valence-electron chi connectivity index (χ0n) is 9.14. The Morgan fingerprint density at radius 1 is 1.08 bits per heavy atom. The number of hydrogen-bond donors (Lipinski definition) is 0. The lowest BCUT2D eigenvalue weighted by Gasteiger charge is -2.17. The lowest BCUT2D eigenvalue weighted by Crippen LogP contribution is -2.07. The van der Waals surface area contributed by atoms with E-state index in [1.165, 1.54) is 25.7 Å². The van der Waals surface area contributed by atoms with Crippen LogP contribution in [-0.2, 0) is 0 Å². The third-order valence-electron chi connectivity index (χ3n) is 3.88. The second-order valence-electron chi connectivity index (χ2n) is 4.76. The van der Waals surface area contributed by atoms with E-state index in [-0.39, 0.29) is 0 Å². The molecule has 0 heterocycles. The Bertz CT molecular complexity index is 128. The minimum Gasteiger partial charge on any atom is -0.0651 e. The van der Waals surface area contributed by atoms with Crippen molar-refractivity contribution in [3.8, 4) is 0 Å². The van der Waals surface area contributed by atoms with E-state index in [4.69, 9.17) is 0 Å². The fourth-order valence-corrected chi connectivity index (χ4v) is 2.21. The highest BCUT2D eigenvalue weighted by molar-refractivity contribution is 4.86. The summed E-state index contributed by atoms with van der Waals surface area (Å²) in [5.74, 6) is 4.08. The van der Waals surface area contributed by atoms with Gasteiger partial charge < -0.3 is 0 Å². The Labute approximate surface area is 77.7 Å². The molecule has 0 N–H and O–H groups in total. The summed E-state index contributed by atoms with van der Waals surface area (Å²) in [5, 5.41) is 0. The van der Waals surface area contributed by atoms with Crippen molar-refractivity contribution in [3.63, 3.8) is 0 Å². The molecular weight excluding hydrogens is 144 g/mol. The Hall–Kier alpha value is 0. The van der Waals surface area contributed by atoms with E-state index in [0.717, 1.165) is 23.7 Å². The highest BCUT2D eigenvalue weighted by atomic mass is 14.4. The Morgan fingerprint density at radius 3 is 2.17 bits per heavy atom. The van der Waals surface area contributed by atoms with Crippen molar-refractivity contribution in [2.45, 2.75) is 53.4 Å². The first-order valence-electron chi connectivity index (χ1n) is 5.69. The van der Waals surface area contributed by atoms with Crippen LogP contribution in [0, 0.1) is 23.7 Å². The standard InChI is InChI=1S/C12H24/c1-5-9(3)10(4)7-12-8-11(12)6-2/h9-12H,5-8H2,1-4H3. The predicted octanol–water partition coefficient (Wildman–Crippen LogP) is 4.10. The molecule has 1 rings (SSSR count). The molecule has 0 heteroatoms. The molecule has 0 spiro atoms. The molecule has 0 radical (unpaired) electrons. The first-order valence-corrected chi connectivity index (χ1v) is 5.69. The van der Waals surface area contributed by atoms with Gasteiger partial charge in [0.25, 0.3) is 0 Å². The molecule has 4 atom stereocenters. The Morgan fingerprint density at radius 2 is 1.75 bits per heavy atom.